The highest BCUT2D eigenvalue weighted by atomic mass is 16.5. The van der Waals surface area contributed by atoms with Gasteiger partial charge in [0.05, 0.1) is 19.8 Å². The summed E-state index contributed by atoms with van der Waals surface area (Å²) in [5, 5.41) is 2.95. The normalized spacial score (nSPS) is 14.1. The third-order valence-electron chi connectivity index (χ3n) is 5.76. The third kappa shape index (κ3) is 5.21. The van der Waals surface area contributed by atoms with E-state index in [1.165, 1.54) is 11.3 Å². The summed E-state index contributed by atoms with van der Waals surface area (Å²) in [6.45, 7) is 5.03. The molecule has 1 amide bonds. The molecule has 1 saturated heterocycles. The van der Waals surface area contributed by atoms with E-state index in [1.807, 2.05) is 12.1 Å². The van der Waals surface area contributed by atoms with Crippen LogP contribution in [0.15, 0.2) is 72.8 Å². The molecule has 0 spiro atoms. The summed E-state index contributed by atoms with van der Waals surface area (Å²) < 4.78 is 10.6. The van der Waals surface area contributed by atoms with Crippen molar-refractivity contribution >= 4 is 17.3 Å². The van der Waals surface area contributed by atoms with Crippen molar-refractivity contribution in [2.75, 3.05) is 50.6 Å². The number of benzene rings is 3. The van der Waals surface area contributed by atoms with Crippen molar-refractivity contribution in [3.63, 3.8) is 0 Å². The number of rotatable bonds is 7. The van der Waals surface area contributed by atoms with E-state index in [0.29, 0.717) is 17.1 Å². The van der Waals surface area contributed by atoms with Gasteiger partial charge in [-0.2, -0.15) is 0 Å². The first-order valence-corrected chi connectivity index (χ1v) is 10.8. The zero-order chi connectivity index (χ0) is 22.3. The van der Waals surface area contributed by atoms with Crippen LogP contribution in [0.4, 0.5) is 11.4 Å². The molecule has 1 N–H and O–H groups in total. The largest absolute Gasteiger partial charge is 0.497 e. The number of carbonyl (C=O) groups excluding carboxylic acids is 1. The average Bonchev–Trinajstić information content (AvgIpc) is 2.85. The number of piperazine rings is 1. The monoisotopic (exact) mass is 431 g/mol. The minimum Gasteiger partial charge on any atom is -0.497 e. The Labute approximate surface area is 189 Å². The maximum absolute atomic E-state index is 12.8. The maximum atomic E-state index is 12.8. The fourth-order valence-corrected chi connectivity index (χ4v) is 3.95. The summed E-state index contributed by atoms with van der Waals surface area (Å²) in [7, 11) is 3.12. The smallest absolute Gasteiger partial charge is 0.259 e. The van der Waals surface area contributed by atoms with Crippen molar-refractivity contribution in [2.24, 2.45) is 0 Å². The molecule has 6 nitrogen and oxygen atoms in total. The summed E-state index contributed by atoms with van der Waals surface area (Å²) >= 11 is 0. The molecule has 6 heteroatoms. The Hall–Kier alpha value is -3.51. The van der Waals surface area contributed by atoms with Crippen LogP contribution in [0.2, 0.25) is 0 Å². The first-order valence-electron chi connectivity index (χ1n) is 10.8. The molecule has 4 rings (SSSR count). The first kappa shape index (κ1) is 21.7. The quantitative estimate of drug-likeness (QED) is 0.605. The van der Waals surface area contributed by atoms with E-state index in [9.17, 15) is 4.79 Å². The molecule has 1 fully saturated rings. The second kappa shape index (κ2) is 10.2. The molecule has 0 atom stereocenters. The molecule has 0 bridgehead atoms. The van der Waals surface area contributed by atoms with E-state index in [4.69, 9.17) is 9.47 Å². The molecule has 1 aliphatic rings. The molecular weight excluding hydrogens is 402 g/mol. The van der Waals surface area contributed by atoms with Crippen molar-refractivity contribution in [1.82, 2.24) is 4.90 Å². The number of ether oxygens (including phenoxy) is 2. The van der Waals surface area contributed by atoms with E-state index in [1.54, 1.807) is 32.4 Å². The highest BCUT2D eigenvalue weighted by Crippen LogP contribution is 2.26. The number of amides is 1. The fourth-order valence-electron chi connectivity index (χ4n) is 3.95. The van der Waals surface area contributed by atoms with Crippen LogP contribution in [0.3, 0.4) is 0 Å². The number of anilines is 2. The summed E-state index contributed by atoms with van der Waals surface area (Å²) in [6.07, 6.45) is 0. The Morgan fingerprint density at radius 3 is 2.25 bits per heavy atom. The van der Waals surface area contributed by atoms with Gasteiger partial charge >= 0.3 is 0 Å². The number of nitrogens with one attached hydrogen (secondary N) is 1. The van der Waals surface area contributed by atoms with Crippen LogP contribution in [0.5, 0.6) is 11.5 Å². The molecule has 1 heterocycles. The minimum atomic E-state index is -0.233. The third-order valence-corrected chi connectivity index (χ3v) is 5.76. The standard InChI is InChI=1S/C26H29N3O3/c1-31-23-12-13-25(32-2)24(18-23)26(30)27-21-8-10-22(11-9-21)29-16-14-28(15-17-29)19-20-6-4-3-5-7-20/h3-13,18H,14-17,19H2,1-2H3,(H,27,30). The van der Waals surface area contributed by atoms with E-state index >= 15 is 0 Å². The van der Waals surface area contributed by atoms with E-state index in [-0.39, 0.29) is 5.91 Å². The molecule has 3 aromatic rings. The first-order chi connectivity index (χ1) is 15.7. The summed E-state index contributed by atoms with van der Waals surface area (Å²) in [6, 6.07) is 23.8. The van der Waals surface area contributed by atoms with Crippen molar-refractivity contribution in [3.05, 3.63) is 83.9 Å². The number of carbonyl (C=O) groups is 1. The molecular formula is C26H29N3O3. The van der Waals surface area contributed by atoms with Gasteiger partial charge in [0.1, 0.15) is 11.5 Å². The van der Waals surface area contributed by atoms with Crippen molar-refractivity contribution in [3.8, 4) is 11.5 Å². The fraction of sp³-hybridized carbons (Fsp3) is 0.269. The number of hydrogen-bond acceptors (Lipinski definition) is 5. The lowest BCUT2D eigenvalue weighted by Crippen LogP contribution is -2.45. The Balaban J connectivity index is 1.34. The van der Waals surface area contributed by atoms with E-state index in [0.717, 1.165) is 38.4 Å². The van der Waals surface area contributed by atoms with Crippen molar-refractivity contribution in [2.45, 2.75) is 6.54 Å². The predicted octanol–water partition coefficient (Wildman–Crippen LogP) is 4.28. The highest BCUT2D eigenvalue weighted by molar-refractivity contribution is 6.06. The molecule has 3 aromatic carbocycles. The van der Waals surface area contributed by atoms with Gasteiger partial charge in [-0.05, 0) is 48.0 Å². The van der Waals surface area contributed by atoms with Crippen LogP contribution < -0.4 is 19.7 Å². The Morgan fingerprint density at radius 2 is 1.59 bits per heavy atom. The second-order valence-electron chi connectivity index (χ2n) is 7.82. The molecule has 1 aliphatic heterocycles. The van der Waals surface area contributed by atoms with Crippen molar-refractivity contribution < 1.29 is 14.3 Å². The lowest BCUT2D eigenvalue weighted by atomic mass is 10.1. The predicted molar refractivity (Wildman–Crippen MR) is 128 cm³/mol. The van der Waals surface area contributed by atoms with Crippen LogP contribution in [0.1, 0.15) is 15.9 Å². The average molecular weight is 432 g/mol. The molecule has 0 saturated carbocycles. The Morgan fingerprint density at radius 1 is 0.875 bits per heavy atom. The molecule has 0 aromatic heterocycles. The van der Waals surface area contributed by atoms with Crippen LogP contribution in [-0.4, -0.2) is 51.2 Å². The van der Waals surface area contributed by atoms with Gasteiger partial charge in [0, 0.05) is 44.1 Å². The lowest BCUT2D eigenvalue weighted by molar-refractivity contribution is 0.102. The van der Waals surface area contributed by atoms with Crippen LogP contribution in [0, 0.1) is 0 Å². The van der Waals surface area contributed by atoms with E-state index < -0.39 is 0 Å². The Bertz CT molecular complexity index is 1030. The van der Waals surface area contributed by atoms with Crippen LogP contribution >= 0.6 is 0 Å². The van der Waals surface area contributed by atoms with Gasteiger partial charge in [-0.15, -0.1) is 0 Å². The molecule has 166 valence electrons. The molecule has 32 heavy (non-hydrogen) atoms. The zero-order valence-electron chi connectivity index (χ0n) is 18.6. The second-order valence-corrected chi connectivity index (χ2v) is 7.82. The molecule has 0 aliphatic carbocycles. The summed E-state index contributed by atoms with van der Waals surface area (Å²) in [4.78, 5) is 17.6. The maximum Gasteiger partial charge on any atom is 0.259 e. The SMILES string of the molecule is COc1ccc(OC)c(C(=O)Nc2ccc(N3CCN(Cc4ccccc4)CC3)cc2)c1. The topological polar surface area (TPSA) is 54.0 Å². The molecule has 0 unspecified atom stereocenters. The van der Waals surface area contributed by atoms with Gasteiger partial charge in [0.25, 0.3) is 5.91 Å². The summed E-state index contributed by atoms with van der Waals surface area (Å²) in [5.41, 5.74) is 3.70. The minimum absolute atomic E-state index is 0.233. The van der Waals surface area contributed by atoms with E-state index in [2.05, 4.69) is 57.6 Å². The van der Waals surface area contributed by atoms with Crippen LogP contribution in [0.25, 0.3) is 0 Å². The number of hydrogen-bond donors (Lipinski definition) is 1. The van der Waals surface area contributed by atoms with Gasteiger partial charge < -0.3 is 19.7 Å². The van der Waals surface area contributed by atoms with Gasteiger partial charge in [-0.3, -0.25) is 9.69 Å². The van der Waals surface area contributed by atoms with Gasteiger partial charge in [0.2, 0.25) is 0 Å². The highest BCUT2D eigenvalue weighted by Gasteiger charge is 2.18. The van der Waals surface area contributed by atoms with Gasteiger partial charge in [-0.25, -0.2) is 0 Å². The van der Waals surface area contributed by atoms with Gasteiger partial charge in [0.15, 0.2) is 0 Å². The Kier molecular flexibility index (Phi) is 6.92. The van der Waals surface area contributed by atoms with Gasteiger partial charge in [-0.1, -0.05) is 30.3 Å². The molecule has 0 radical (unpaired) electrons. The lowest BCUT2D eigenvalue weighted by Gasteiger charge is -2.36. The number of nitrogens with zero attached hydrogens (tertiary/aromatic N) is 2. The summed E-state index contributed by atoms with van der Waals surface area (Å²) in [5.74, 6) is 0.883. The van der Waals surface area contributed by atoms with Crippen molar-refractivity contribution in [1.29, 1.82) is 0 Å². The number of methoxy groups -OCH3 is 2. The van der Waals surface area contributed by atoms with Crippen LogP contribution in [-0.2, 0) is 6.54 Å². The zero-order valence-corrected chi connectivity index (χ0v) is 18.6.